The van der Waals surface area contributed by atoms with Gasteiger partial charge in [-0.15, -0.1) is 0 Å². The minimum Gasteiger partial charge on any atom is -0.270 e. The Labute approximate surface area is 49.8 Å². The number of hydrogen-bond acceptors (Lipinski definition) is 3. The first-order chi connectivity index (χ1) is 3.56. The van der Waals surface area contributed by atoms with E-state index in [4.69, 9.17) is 0 Å². The molecule has 0 rings (SSSR count). The molecule has 0 saturated heterocycles. The predicted molar refractivity (Wildman–Crippen MR) is 30.8 cm³/mol. The average Bonchev–Trinajstić information content (AvgIpc) is 1.59. The van der Waals surface area contributed by atoms with E-state index in [9.17, 15) is 8.42 Å². The highest BCUT2D eigenvalue weighted by Gasteiger charge is 1.96. The van der Waals surface area contributed by atoms with E-state index < -0.39 is 10.1 Å². The normalized spacial score (nSPS) is 11.8. The maximum absolute atomic E-state index is 10.1. The van der Waals surface area contributed by atoms with Crippen LogP contribution >= 0.6 is 0 Å². The molecule has 0 N–H and O–H groups in total. The maximum atomic E-state index is 10.1. The van der Waals surface area contributed by atoms with Crippen molar-refractivity contribution in [3.63, 3.8) is 0 Å². The van der Waals surface area contributed by atoms with Crippen LogP contribution in [0.2, 0.25) is 0 Å². The van der Waals surface area contributed by atoms with Crippen LogP contribution in [0, 0.1) is 6.92 Å². The fourth-order valence-electron chi connectivity index (χ4n) is 0.210. The molecule has 0 aromatic heterocycles. The first kappa shape index (κ1) is 7.91. The molecular weight excluding hydrogens is 128 g/mol. The lowest BCUT2D eigenvalue weighted by molar-refractivity contribution is 0.328. The number of hydrogen-bond donors (Lipinski definition) is 0. The van der Waals surface area contributed by atoms with E-state index in [1.807, 2.05) is 0 Å². The fourth-order valence-corrected chi connectivity index (χ4v) is 0.631. The van der Waals surface area contributed by atoms with Crippen LogP contribution in [0.1, 0.15) is 6.42 Å². The van der Waals surface area contributed by atoms with Gasteiger partial charge in [0.1, 0.15) is 0 Å². The minimum atomic E-state index is -3.23. The summed E-state index contributed by atoms with van der Waals surface area (Å²) < 4.78 is 24.6. The molecule has 0 aliphatic rings. The molecule has 4 heteroatoms. The molecule has 0 heterocycles. The van der Waals surface area contributed by atoms with Crippen molar-refractivity contribution < 1.29 is 12.6 Å². The lowest BCUT2D eigenvalue weighted by Crippen LogP contribution is -2.02. The summed E-state index contributed by atoms with van der Waals surface area (Å²) in [4.78, 5) is 0. The smallest absolute Gasteiger partial charge is 0.264 e. The molecule has 0 fully saturated rings. The van der Waals surface area contributed by atoms with Gasteiger partial charge in [0.25, 0.3) is 10.1 Å². The van der Waals surface area contributed by atoms with E-state index in [2.05, 4.69) is 11.1 Å². The van der Waals surface area contributed by atoms with Crippen LogP contribution in [-0.4, -0.2) is 21.3 Å². The second-order valence-electron chi connectivity index (χ2n) is 1.38. The highest BCUT2D eigenvalue weighted by molar-refractivity contribution is 7.85. The molecule has 0 spiro atoms. The van der Waals surface area contributed by atoms with Crippen LogP contribution in [0.3, 0.4) is 0 Å². The molecule has 0 aliphatic heterocycles. The molecule has 0 unspecified atom stereocenters. The molecule has 49 valence electrons. The van der Waals surface area contributed by atoms with E-state index in [0.29, 0.717) is 6.42 Å². The fraction of sp³-hybridized carbons (Fsp3) is 0.750. The summed E-state index contributed by atoms with van der Waals surface area (Å²) in [5, 5.41) is 0. The van der Waals surface area contributed by atoms with Gasteiger partial charge < -0.3 is 0 Å². The Hall–Kier alpha value is -0.0900. The molecule has 0 bridgehead atoms. The van der Waals surface area contributed by atoms with Crippen LogP contribution in [0.15, 0.2) is 0 Å². The quantitative estimate of drug-likeness (QED) is 0.521. The van der Waals surface area contributed by atoms with Gasteiger partial charge >= 0.3 is 0 Å². The van der Waals surface area contributed by atoms with E-state index in [1.54, 1.807) is 0 Å². The van der Waals surface area contributed by atoms with Gasteiger partial charge in [-0.3, -0.25) is 4.18 Å². The van der Waals surface area contributed by atoms with Gasteiger partial charge in [-0.25, -0.2) is 0 Å². The summed E-state index contributed by atoms with van der Waals surface area (Å²) in [5.41, 5.74) is 0. The minimum absolute atomic E-state index is 0.179. The van der Waals surface area contributed by atoms with Crippen molar-refractivity contribution in [2.45, 2.75) is 6.42 Å². The maximum Gasteiger partial charge on any atom is 0.264 e. The van der Waals surface area contributed by atoms with Crippen LogP contribution in [0.5, 0.6) is 0 Å². The molecule has 3 nitrogen and oxygen atoms in total. The van der Waals surface area contributed by atoms with Crippen molar-refractivity contribution in [3.8, 4) is 0 Å². The molecule has 8 heavy (non-hydrogen) atoms. The van der Waals surface area contributed by atoms with Gasteiger partial charge in [-0.2, -0.15) is 8.42 Å². The third-order valence-corrected chi connectivity index (χ3v) is 1.04. The molecule has 0 amide bonds. The van der Waals surface area contributed by atoms with Crippen molar-refractivity contribution in [3.05, 3.63) is 6.92 Å². The Morgan fingerprint density at radius 1 is 1.62 bits per heavy atom. The predicted octanol–water partition coefficient (Wildman–Crippen LogP) is 0.187. The van der Waals surface area contributed by atoms with Gasteiger partial charge in [0.2, 0.25) is 0 Å². The monoisotopic (exact) mass is 137 g/mol. The molecule has 0 aromatic rings. The SMILES string of the molecule is [CH2]CCOS(C)(=O)=O. The molecule has 0 atom stereocenters. The highest BCUT2D eigenvalue weighted by Crippen LogP contribution is 1.86. The van der Waals surface area contributed by atoms with Crippen molar-refractivity contribution in [1.29, 1.82) is 0 Å². The van der Waals surface area contributed by atoms with Crippen LogP contribution in [-0.2, 0) is 14.3 Å². The van der Waals surface area contributed by atoms with E-state index in [0.717, 1.165) is 6.26 Å². The molecule has 0 aromatic carbocycles. The Balaban J connectivity index is 3.42. The Kier molecular flexibility index (Phi) is 3.01. The Bertz CT molecular complexity index is 135. The van der Waals surface area contributed by atoms with Gasteiger partial charge in [0, 0.05) is 0 Å². The van der Waals surface area contributed by atoms with E-state index >= 15 is 0 Å². The largest absolute Gasteiger partial charge is 0.270 e. The van der Waals surface area contributed by atoms with Crippen molar-refractivity contribution >= 4 is 10.1 Å². The number of rotatable bonds is 3. The average molecular weight is 137 g/mol. The van der Waals surface area contributed by atoms with E-state index in [-0.39, 0.29) is 6.61 Å². The van der Waals surface area contributed by atoms with Crippen molar-refractivity contribution in [2.75, 3.05) is 12.9 Å². The third-order valence-electron chi connectivity index (χ3n) is 0.442. The lowest BCUT2D eigenvalue weighted by Gasteiger charge is -1.94. The summed E-state index contributed by atoms with van der Waals surface area (Å²) in [6.07, 6.45) is 1.50. The second-order valence-corrected chi connectivity index (χ2v) is 3.02. The van der Waals surface area contributed by atoms with Crippen LogP contribution < -0.4 is 0 Å². The summed E-state index contributed by atoms with van der Waals surface area (Å²) in [7, 11) is -3.23. The summed E-state index contributed by atoms with van der Waals surface area (Å²) >= 11 is 0. The molecule has 0 saturated carbocycles. The standard InChI is InChI=1S/C4H9O3S/c1-3-4-7-8(2,5)6/h1,3-4H2,2H3. The first-order valence-electron chi connectivity index (χ1n) is 2.20. The summed E-state index contributed by atoms with van der Waals surface area (Å²) in [5.74, 6) is 0. The second kappa shape index (κ2) is 3.04. The summed E-state index contributed by atoms with van der Waals surface area (Å²) in [6, 6.07) is 0. The van der Waals surface area contributed by atoms with Crippen LogP contribution in [0.4, 0.5) is 0 Å². The van der Waals surface area contributed by atoms with E-state index in [1.165, 1.54) is 0 Å². The van der Waals surface area contributed by atoms with Crippen LogP contribution in [0.25, 0.3) is 0 Å². The van der Waals surface area contributed by atoms with Gasteiger partial charge in [0.15, 0.2) is 0 Å². The molecular formula is C4H9O3S. The lowest BCUT2D eigenvalue weighted by atomic mass is 10.5. The Morgan fingerprint density at radius 3 is 2.25 bits per heavy atom. The molecule has 0 aliphatic carbocycles. The van der Waals surface area contributed by atoms with Gasteiger partial charge in [-0.05, 0) is 6.42 Å². The zero-order chi connectivity index (χ0) is 6.62. The first-order valence-corrected chi connectivity index (χ1v) is 4.01. The highest BCUT2D eigenvalue weighted by atomic mass is 32.2. The Morgan fingerprint density at radius 2 is 2.12 bits per heavy atom. The summed E-state index contributed by atoms with van der Waals surface area (Å²) in [6.45, 7) is 3.58. The zero-order valence-electron chi connectivity index (χ0n) is 4.75. The van der Waals surface area contributed by atoms with Gasteiger partial charge in [-0.1, -0.05) is 6.92 Å². The van der Waals surface area contributed by atoms with Crippen molar-refractivity contribution in [2.24, 2.45) is 0 Å². The van der Waals surface area contributed by atoms with Crippen molar-refractivity contribution in [1.82, 2.24) is 0 Å². The van der Waals surface area contributed by atoms with Gasteiger partial charge in [0.05, 0.1) is 12.9 Å². The topological polar surface area (TPSA) is 43.4 Å². The zero-order valence-corrected chi connectivity index (χ0v) is 5.57. The molecule has 1 radical (unpaired) electrons. The third kappa shape index (κ3) is 5.91.